The molecule has 1 heterocycles. The number of aryl methyl sites for hydroxylation is 1. The Kier molecular flexibility index (Phi) is 6.70. The minimum absolute atomic E-state index is 0.134. The fraction of sp³-hybridized carbons (Fsp3) is 0.333. The highest BCUT2D eigenvalue weighted by Crippen LogP contribution is 2.28. The quantitative estimate of drug-likeness (QED) is 0.683. The van der Waals surface area contributed by atoms with Gasteiger partial charge >= 0.3 is 0 Å². The largest absolute Gasteiger partial charge is 0.490 e. The van der Waals surface area contributed by atoms with Gasteiger partial charge in [-0.05, 0) is 71.6 Å². The molecule has 2 aromatic rings. The molecule has 2 aromatic carbocycles. The van der Waals surface area contributed by atoms with Crippen LogP contribution in [0.25, 0.3) is 0 Å². The summed E-state index contributed by atoms with van der Waals surface area (Å²) in [6.07, 6.45) is 2.21. The number of hydrogen-bond acceptors (Lipinski definition) is 4. The second kappa shape index (κ2) is 9.21. The van der Waals surface area contributed by atoms with Crippen molar-refractivity contribution in [2.75, 3.05) is 23.8 Å². The van der Waals surface area contributed by atoms with Crippen LogP contribution >= 0.6 is 15.9 Å². The average molecular weight is 447 g/mol. The molecule has 2 N–H and O–H groups in total. The zero-order valence-corrected chi connectivity index (χ0v) is 17.5. The summed E-state index contributed by atoms with van der Waals surface area (Å²) in [5, 5.41) is 5.61. The Hall–Kier alpha value is -2.38. The predicted molar refractivity (Wildman–Crippen MR) is 112 cm³/mol. The fourth-order valence-electron chi connectivity index (χ4n) is 2.94. The first-order valence-electron chi connectivity index (χ1n) is 9.16. The van der Waals surface area contributed by atoms with Crippen molar-refractivity contribution < 1.29 is 19.1 Å². The van der Waals surface area contributed by atoms with Gasteiger partial charge in [-0.25, -0.2) is 0 Å². The van der Waals surface area contributed by atoms with Crippen molar-refractivity contribution in [3.05, 3.63) is 52.0 Å². The Labute approximate surface area is 172 Å². The molecule has 0 saturated carbocycles. The number of benzene rings is 2. The van der Waals surface area contributed by atoms with Gasteiger partial charge in [0.25, 0.3) is 5.91 Å². The smallest absolute Gasteiger partial charge is 0.255 e. The third-order valence-electron chi connectivity index (χ3n) is 4.45. The zero-order chi connectivity index (χ0) is 20.1. The van der Waals surface area contributed by atoms with Gasteiger partial charge in [-0.2, -0.15) is 0 Å². The van der Waals surface area contributed by atoms with E-state index in [1.54, 1.807) is 30.3 Å². The molecule has 1 saturated heterocycles. The standard InChI is InChI=1S/C21H23BrN2O4/c1-13-5-7-16(11-19(13)23-14(2)25)24-21(26)15-6-8-20(18(22)10-15)28-12-17-4-3-9-27-17/h5-8,10-11,17H,3-4,9,12H2,1-2H3,(H,23,25)(H,24,26). The number of carbonyl (C=O) groups is 2. The van der Waals surface area contributed by atoms with E-state index in [1.807, 2.05) is 13.0 Å². The highest BCUT2D eigenvalue weighted by molar-refractivity contribution is 9.10. The molecule has 0 aromatic heterocycles. The van der Waals surface area contributed by atoms with E-state index in [0.717, 1.165) is 25.0 Å². The summed E-state index contributed by atoms with van der Waals surface area (Å²) >= 11 is 3.47. The molecule has 7 heteroatoms. The van der Waals surface area contributed by atoms with Gasteiger partial charge in [0.15, 0.2) is 0 Å². The summed E-state index contributed by atoms with van der Waals surface area (Å²) in [4.78, 5) is 23.9. The van der Waals surface area contributed by atoms with Gasteiger partial charge < -0.3 is 20.1 Å². The van der Waals surface area contributed by atoms with Crippen molar-refractivity contribution in [1.29, 1.82) is 0 Å². The average Bonchev–Trinajstić information content (AvgIpc) is 3.16. The maximum atomic E-state index is 12.6. The van der Waals surface area contributed by atoms with E-state index >= 15 is 0 Å². The first-order valence-corrected chi connectivity index (χ1v) is 9.95. The molecule has 0 bridgehead atoms. The zero-order valence-electron chi connectivity index (χ0n) is 15.9. The number of amides is 2. The van der Waals surface area contributed by atoms with Crippen LogP contribution in [0.2, 0.25) is 0 Å². The van der Waals surface area contributed by atoms with Crippen LogP contribution in [0.3, 0.4) is 0 Å². The molecule has 28 heavy (non-hydrogen) atoms. The van der Waals surface area contributed by atoms with E-state index in [0.29, 0.717) is 33.8 Å². The molecule has 148 valence electrons. The lowest BCUT2D eigenvalue weighted by atomic mass is 10.1. The van der Waals surface area contributed by atoms with Crippen molar-refractivity contribution in [2.24, 2.45) is 0 Å². The normalized spacial score (nSPS) is 15.9. The van der Waals surface area contributed by atoms with Crippen molar-refractivity contribution in [2.45, 2.75) is 32.8 Å². The van der Waals surface area contributed by atoms with Gasteiger partial charge in [0.05, 0.1) is 10.6 Å². The summed E-state index contributed by atoms with van der Waals surface area (Å²) in [5.74, 6) is 0.272. The van der Waals surface area contributed by atoms with Gasteiger partial charge in [0, 0.05) is 30.5 Å². The van der Waals surface area contributed by atoms with Gasteiger partial charge in [0.1, 0.15) is 12.4 Å². The summed E-state index contributed by atoms with van der Waals surface area (Å²) < 4.78 is 12.1. The van der Waals surface area contributed by atoms with E-state index in [4.69, 9.17) is 9.47 Å². The van der Waals surface area contributed by atoms with Crippen LogP contribution in [0.15, 0.2) is 40.9 Å². The Morgan fingerprint density at radius 3 is 2.71 bits per heavy atom. The highest BCUT2D eigenvalue weighted by Gasteiger charge is 2.17. The minimum atomic E-state index is -0.246. The van der Waals surface area contributed by atoms with Crippen LogP contribution in [0.4, 0.5) is 11.4 Å². The summed E-state index contributed by atoms with van der Waals surface area (Å²) in [6, 6.07) is 10.6. The van der Waals surface area contributed by atoms with Crippen LogP contribution in [-0.4, -0.2) is 31.1 Å². The maximum absolute atomic E-state index is 12.6. The number of carbonyl (C=O) groups excluding carboxylic acids is 2. The lowest BCUT2D eigenvalue weighted by Crippen LogP contribution is -2.17. The Balaban J connectivity index is 1.65. The Bertz CT molecular complexity index is 879. The first kappa shape index (κ1) is 20.4. The molecule has 1 atom stereocenters. The highest BCUT2D eigenvalue weighted by atomic mass is 79.9. The summed E-state index contributed by atoms with van der Waals surface area (Å²) in [5.41, 5.74) is 2.69. The van der Waals surface area contributed by atoms with Crippen LogP contribution in [0.1, 0.15) is 35.7 Å². The number of halogens is 1. The maximum Gasteiger partial charge on any atom is 0.255 e. The van der Waals surface area contributed by atoms with Crippen LogP contribution in [-0.2, 0) is 9.53 Å². The van der Waals surface area contributed by atoms with E-state index in [-0.39, 0.29) is 17.9 Å². The van der Waals surface area contributed by atoms with Crippen molar-refractivity contribution >= 4 is 39.1 Å². The molecule has 1 fully saturated rings. The molecule has 1 aliphatic heterocycles. The van der Waals surface area contributed by atoms with Crippen LogP contribution in [0, 0.1) is 6.92 Å². The third-order valence-corrected chi connectivity index (χ3v) is 5.07. The van der Waals surface area contributed by atoms with E-state index in [9.17, 15) is 9.59 Å². The van der Waals surface area contributed by atoms with Crippen molar-refractivity contribution in [3.8, 4) is 5.75 Å². The van der Waals surface area contributed by atoms with E-state index in [2.05, 4.69) is 26.6 Å². The van der Waals surface area contributed by atoms with Gasteiger partial charge in [-0.15, -0.1) is 0 Å². The fourth-order valence-corrected chi connectivity index (χ4v) is 3.44. The Morgan fingerprint density at radius 1 is 1.21 bits per heavy atom. The third kappa shape index (κ3) is 5.33. The monoisotopic (exact) mass is 446 g/mol. The second-order valence-corrected chi connectivity index (χ2v) is 7.61. The molecule has 6 nitrogen and oxygen atoms in total. The van der Waals surface area contributed by atoms with Crippen LogP contribution in [0.5, 0.6) is 5.75 Å². The van der Waals surface area contributed by atoms with Gasteiger partial charge in [0.2, 0.25) is 5.91 Å². The van der Waals surface area contributed by atoms with E-state index in [1.165, 1.54) is 6.92 Å². The van der Waals surface area contributed by atoms with Gasteiger partial charge in [-0.1, -0.05) is 6.07 Å². The molecule has 0 spiro atoms. The lowest BCUT2D eigenvalue weighted by molar-refractivity contribution is -0.114. The van der Waals surface area contributed by atoms with Crippen LogP contribution < -0.4 is 15.4 Å². The number of anilines is 2. The van der Waals surface area contributed by atoms with Crippen molar-refractivity contribution in [3.63, 3.8) is 0 Å². The molecule has 3 rings (SSSR count). The minimum Gasteiger partial charge on any atom is -0.490 e. The second-order valence-electron chi connectivity index (χ2n) is 6.76. The lowest BCUT2D eigenvalue weighted by Gasteiger charge is -2.14. The van der Waals surface area contributed by atoms with Crippen molar-refractivity contribution in [1.82, 2.24) is 0 Å². The molecule has 1 aliphatic rings. The molecule has 1 unspecified atom stereocenters. The number of ether oxygens (including phenoxy) is 2. The predicted octanol–water partition coefficient (Wildman–Crippen LogP) is 4.53. The molecular formula is C21H23BrN2O4. The molecule has 0 aliphatic carbocycles. The molecule has 2 amide bonds. The van der Waals surface area contributed by atoms with Gasteiger partial charge in [-0.3, -0.25) is 9.59 Å². The molecular weight excluding hydrogens is 424 g/mol. The Morgan fingerprint density at radius 2 is 2.04 bits per heavy atom. The van der Waals surface area contributed by atoms with E-state index < -0.39 is 0 Å². The number of nitrogens with one attached hydrogen (secondary N) is 2. The summed E-state index contributed by atoms with van der Waals surface area (Å²) in [7, 11) is 0. The topological polar surface area (TPSA) is 76.7 Å². The number of hydrogen-bond donors (Lipinski definition) is 2. The SMILES string of the molecule is CC(=O)Nc1cc(NC(=O)c2ccc(OCC3CCCO3)c(Br)c2)ccc1C. The first-order chi connectivity index (χ1) is 13.4. The summed E-state index contributed by atoms with van der Waals surface area (Å²) in [6.45, 7) is 4.63. The molecule has 0 radical (unpaired) electrons. The number of rotatable bonds is 6.